The van der Waals surface area contributed by atoms with Crippen LogP contribution in [-0.2, 0) is 0 Å². The number of aromatic amines is 2. The molecule has 0 saturated carbocycles. The van der Waals surface area contributed by atoms with E-state index in [9.17, 15) is 0 Å². The van der Waals surface area contributed by atoms with Crippen LogP contribution in [0.3, 0.4) is 0 Å². The fourth-order valence-corrected chi connectivity index (χ4v) is 0.868. The predicted molar refractivity (Wildman–Crippen MR) is 53.5 cm³/mol. The summed E-state index contributed by atoms with van der Waals surface area (Å²) in [5, 5.41) is 12.8. The van der Waals surface area contributed by atoms with Crippen molar-refractivity contribution in [2.45, 2.75) is 0 Å². The average Bonchev–Trinajstić information content (AvgIpc) is 2.86. The van der Waals surface area contributed by atoms with E-state index in [1.807, 2.05) is 0 Å². The van der Waals surface area contributed by atoms with Crippen molar-refractivity contribution in [3.63, 3.8) is 0 Å². The van der Waals surface area contributed by atoms with Crippen LogP contribution < -0.4 is 0 Å². The molecule has 0 bridgehead atoms. The SMILES string of the molecule is C(/C=N/c1cn[nH]c1)=N\c1cn[nH]c1. The van der Waals surface area contributed by atoms with E-state index >= 15 is 0 Å². The summed E-state index contributed by atoms with van der Waals surface area (Å²) in [4.78, 5) is 8.13. The second kappa shape index (κ2) is 4.13. The molecule has 0 saturated heterocycles. The molecule has 0 aromatic carbocycles. The molecule has 0 amide bonds. The molecule has 0 radical (unpaired) electrons. The number of hydrogen-bond donors (Lipinski definition) is 2. The molecule has 2 heterocycles. The lowest BCUT2D eigenvalue weighted by molar-refractivity contribution is 1.09. The van der Waals surface area contributed by atoms with Crippen LogP contribution in [0.25, 0.3) is 0 Å². The molecule has 0 aliphatic rings. The molecule has 6 heteroatoms. The van der Waals surface area contributed by atoms with E-state index in [0.717, 1.165) is 11.4 Å². The van der Waals surface area contributed by atoms with Gasteiger partial charge in [0.15, 0.2) is 0 Å². The number of nitrogens with zero attached hydrogens (tertiary/aromatic N) is 4. The van der Waals surface area contributed by atoms with Crippen LogP contribution in [0.1, 0.15) is 0 Å². The van der Waals surface area contributed by atoms with E-state index in [1.165, 1.54) is 0 Å². The Morgan fingerprint density at radius 2 is 1.43 bits per heavy atom. The molecule has 6 nitrogen and oxygen atoms in total. The Kier molecular flexibility index (Phi) is 2.46. The molecule has 0 aliphatic heterocycles. The highest BCUT2D eigenvalue weighted by Gasteiger charge is 1.85. The van der Waals surface area contributed by atoms with Gasteiger partial charge in [-0.1, -0.05) is 0 Å². The van der Waals surface area contributed by atoms with Crippen molar-refractivity contribution in [2.75, 3.05) is 0 Å². The molecule has 0 aliphatic carbocycles. The molecular weight excluding hydrogens is 180 g/mol. The number of hydrogen-bond acceptors (Lipinski definition) is 4. The molecule has 2 aromatic rings. The smallest absolute Gasteiger partial charge is 0.101 e. The fourth-order valence-electron chi connectivity index (χ4n) is 0.868. The van der Waals surface area contributed by atoms with E-state index in [4.69, 9.17) is 0 Å². The molecule has 0 unspecified atom stereocenters. The zero-order chi connectivity index (χ0) is 9.64. The van der Waals surface area contributed by atoms with Gasteiger partial charge < -0.3 is 0 Å². The molecule has 2 N–H and O–H groups in total. The Morgan fingerprint density at radius 3 is 1.79 bits per heavy atom. The van der Waals surface area contributed by atoms with Crippen molar-refractivity contribution in [1.29, 1.82) is 0 Å². The first-order valence-corrected chi connectivity index (χ1v) is 3.99. The Bertz CT molecular complexity index is 368. The highest BCUT2D eigenvalue weighted by atomic mass is 15.1. The maximum absolute atomic E-state index is 4.07. The third-order valence-electron chi connectivity index (χ3n) is 1.48. The predicted octanol–water partition coefficient (Wildman–Crippen LogP) is 1.24. The van der Waals surface area contributed by atoms with Crippen LogP contribution in [0.2, 0.25) is 0 Å². The minimum atomic E-state index is 0.767. The fraction of sp³-hybridized carbons (Fsp3) is 0. The highest BCUT2D eigenvalue weighted by molar-refractivity contribution is 6.17. The van der Waals surface area contributed by atoms with Crippen molar-refractivity contribution in [3.8, 4) is 0 Å². The zero-order valence-corrected chi connectivity index (χ0v) is 7.25. The van der Waals surface area contributed by atoms with Gasteiger partial charge in [-0.3, -0.25) is 20.2 Å². The van der Waals surface area contributed by atoms with Gasteiger partial charge in [-0.15, -0.1) is 0 Å². The standard InChI is InChI=1S/C8H8N6/c1(9-7-3-11-12-4-7)2-10-8-5-13-14-6-8/h1-6H,(H,11,12)(H,13,14)/b9-1+,10-2+. The Morgan fingerprint density at radius 1 is 0.929 bits per heavy atom. The summed E-state index contributed by atoms with van der Waals surface area (Å²) in [6, 6.07) is 0. The Hall–Kier alpha value is -2.24. The molecular formula is C8H8N6. The van der Waals surface area contributed by atoms with Crippen LogP contribution in [0.4, 0.5) is 11.4 Å². The summed E-state index contributed by atoms with van der Waals surface area (Å²) in [7, 11) is 0. The second-order valence-corrected chi connectivity index (χ2v) is 2.47. The van der Waals surface area contributed by atoms with E-state index in [1.54, 1.807) is 37.2 Å². The van der Waals surface area contributed by atoms with Crippen molar-refractivity contribution in [1.82, 2.24) is 20.4 Å². The maximum Gasteiger partial charge on any atom is 0.101 e. The first-order chi connectivity index (χ1) is 6.95. The molecule has 0 spiro atoms. The largest absolute Gasteiger partial charge is 0.283 e. The van der Waals surface area contributed by atoms with Gasteiger partial charge in [0, 0.05) is 24.8 Å². The lowest BCUT2D eigenvalue weighted by atomic mass is 10.6. The normalized spacial score (nSPS) is 11.7. The van der Waals surface area contributed by atoms with Crippen LogP contribution in [0.5, 0.6) is 0 Å². The van der Waals surface area contributed by atoms with Crippen molar-refractivity contribution in [2.24, 2.45) is 9.98 Å². The summed E-state index contributed by atoms with van der Waals surface area (Å²) >= 11 is 0. The van der Waals surface area contributed by atoms with Crippen molar-refractivity contribution < 1.29 is 0 Å². The monoisotopic (exact) mass is 188 g/mol. The summed E-state index contributed by atoms with van der Waals surface area (Å²) in [6.45, 7) is 0. The molecule has 0 atom stereocenters. The third kappa shape index (κ3) is 2.13. The number of aliphatic imine (C=N–C) groups is 2. The van der Waals surface area contributed by atoms with Crippen LogP contribution >= 0.6 is 0 Å². The van der Waals surface area contributed by atoms with Crippen LogP contribution in [-0.4, -0.2) is 32.8 Å². The molecule has 70 valence electrons. The van der Waals surface area contributed by atoms with Gasteiger partial charge >= 0.3 is 0 Å². The van der Waals surface area contributed by atoms with E-state index in [0.29, 0.717) is 0 Å². The lowest BCUT2D eigenvalue weighted by Crippen LogP contribution is -1.71. The van der Waals surface area contributed by atoms with Crippen LogP contribution in [0.15, 0.2) is 34.8 Å². The third-order valence-corrected chi connectivity index (χ3v) is 1.48. The summed E-state index contributed by atoms with van der Waals surface area (Å²) < 4.78 is 0. The Balaban J connectivity index is 1.94. The lowest BCUT2D eigenvalue weighted by Gasteiger charge is -1.80. The maximum atomic E-state index is 4.07. The highest BCUT2D eigenvalue weighted by Crippen LogP contribution is 2.06. The minimum Gasteiger partial charge on any atom is -0.283 e. The van der Waals surface area contributed by atoms with E-state index in [-0.39, 0.29) is 0 Å². The van der Waals surface area contributed by atoms with Gasteiger partial charge in [0.1, 0.15) is 11.4 Å². The van der Waals surface area contributed by atoms with Gasteiger partial charge in [-0.05, 0) is 0 Å². The van der Waals surface area contributed by atoms with E-state index < -0.39 is 0 Å². The number of rotatable bonds is 3. The quantitative estimate of drug-likeness (QED) is 0.710. The zero-order valence-electron chi connectivity index (χ0n) is 7.25. The van der Waals surface area contributed by atoms with Crippen molar-refractivity contribution in [3.05, 3.63) is 24.8 Å². The van der Waals surface area contributed by atoms with Gasteiger partial charge in [0.2, 0.25) is 0 Å². The summed E-state index contributed by atoms with van der Waals surface area (Å²) in [6.07, 6.45) is 9.84. The number of H-pyrrole nitrogens is 2. The second-order valence-electron chi connectivity index (χ2n) is 2.47. The van der Waals surface area contributed by atoms with Gasteiger partial charge in [0.05, 0.1) is 12.4 Å². The molecule has 14 heavy (non-hydrogen) atoms. The topological polar surface area (TPSA) is 82.1 Å². The Labute approximate surface area is 79.8 Å². The van der Waals surface area contributed by atoms with Crippen LogP contribution in [0, 0.1) is 0 Å². The summed E-state index contributed by atoms with van der Waals surface area (Å²) in [5.41, 5.74) is 1.53. The molecule has 0 fully saturated rings. The minimum absolute atomic E-state index is 0.767. The molecule has 2 rings (SSSR count). The average molecular weight is 188 g/mol. The number of aromatic nitrogens is 4. The van der Waals surface area contributed by atoms with Crippen molar-refractivity contribution >= 4 is 23.8 Å². The van der Waals surface area contributed by atoms with E-state index in [2.05, 4.69) is 30.4 Å². The van der Waals surface area contributed by atoms with Gasteiger partial charge in [0.25, 0.3) is 0 Å². The van der Waals surface area contributed by atoms with Gasteiger partial charge in [-0.25, -0.2) is 0 Å². The number of nitrogens with one attached hydrogen (secondary N) is 2. The first-order valence-electron chi connectivity index (χ1n) is 3.99. The van der Waals surface area contributed by atoms with Gasteiger partial charge in [-0.2, -0.15) is 10.2 Å². The first kappa shape index (κ1) is 8.36. The summed E-state index contributed by atoms with van der Waals surface area (Å²) in [5.74, 6) is 0. The molecule has 2 aromatic heterocycles.